The molecule has 1 amide bonds. The van der Waals surface area contributed by atoms with E-state index >= 15 is 0 Å². The number of likely N-dealkylation sites (tertiary alicyclic amines) is 1. The lowest BCUT2D eigenvalue weighted by molar-refractivity contribution is 0.0636. The summed E-state index contributed by atoms with van der Waals surface area (Å²) in [6.07, 6.45) is 0.734. The highest BCUT2D eigenvalue weighted by Crippen LogP contribution is 2.20. The summed E-state index contributed by atoms with van der Waals surface area (Å²) in [6.45, 7) is 12.2. The number of carbonyl (C=O) groups is 1. The van der Waals surface area contributed by atoms with Gasteiger partial charge in [0.15, 0.2) is 0 Å². The largest absolute Gasteiger partial charge is 0.444 e. The second-order valence-corrected chi connectivity index (χ2v) is 7.42. The Morgan fingerprint density at radius 3 is 2.35 bits per heavy atom. The van der Waals surface area contributed by atoms with E-state index in [1.807, 2.05) is 45.0 Å². The Balaban J connectivity index is 1.84. The molecule has 0 saturated carbocycles. The van der Waals surface area contributed by atoms with Crippen molar-refractivity contribution in [2.75, 3.05) is 23.7 Å². The van der Waals surface area contributed by atoms with Crippen LogP contribution >= 0.6 is 0 Å². The Hall–Kier alpha value is -1.75. The van der Waals surface area contributed by atoms with Crippen molar-refractivity contribution in [2.24, 2.45) is 0 Å². The van der Waals surface area contributed by atoms with E-state index in [0.29, 0.717) is 12.1 Å². The van der Waals surface area contributed by atoms with Gasteiger partial charge in [0.05, 0.1) is 0 Å². The van der Waals surface area contributed by atoms with Crippen LogP contribution in [0, 0.1) is 0 Å². The first-order valence-corrected chi connectivity index (χ1v) is 8.33. The van der Waals surface area contributed by atoms with E-state index in [-0.39, 0.29) is 0 Å². The minimum absolute atomic E-state index is 0.429. The molecule has 1 saturated heterocycles. The lowest BCUT2D eigenvalue weighted by Gasteiger charge is -2.21. The molecule has 0 bridgehead atoms. The van der Waals surface area contributed by atoms with Gasteiger partial charge in [0.25, 0.3) is 0 Å². The monoisotopic (exact) mass is 319 g/mol. The van der Waals surface area contributed by atoms with E-state index < -0.39 is 11.7 Å². The van der Waals surface area contributed by atoms with Crippen molar-refractivity contribution in [3.8, 4) is 0 Å². The first-order valence-electron chi connectivity index (χ1n) is 8.33. The quantitative estimate of drug-likeness (QED) is 0.883. The van der Waals surface area contributed by atoms with Gasteiger partial charge in [-0.2, -0.15) is 0 Å². The molecule has 1 atom stereocenters. The van der Waals surface area contributed by atoms with Crippen LogP contribution < -0.4 is 10.6 Å². The molecule has 1 heterocycles. The summed E-state index contributed by atoms with van der Waals surface area (Å²) in [6, 6.07) is 8.85. The van der Waals surface area contributed by atoms with Crippen LogP contribution in [0.2, 0.25) is 0 Å². The lowest BCUT2D eigenvalue weighted by Crippen LogP contribution is -2.31. The topological polar surface area (TPSA) is 53.6 Å². The zero-order chi connectivity index (χ0) is 17.0. The van der Waals surface area contributed by atoms with Gasteiger partial charge in [0, 0.05) is 36.5 Å². The van der Waals surface area contributed by atoms with Gasteiger partial charge in [0.1, 0.15) is 5.60 Å². The number of rotatable bonds is 4. The number of amides is 1. The molecule has 1 aromatic rings. The van der Waals surface area contributed by atoms with Gasteiger partial charge in [-0.15, -0.1) is 0 Å². The highest BCUT2D eigenvalue weighted by molar-refractivity contribution is 5.85. The van der Waals surface area contributed by atoms with Crippen LogP contribution in [0.15, 0.2) is 24.3 Å². The Labute approximate surface area is 139 Å². The fourth-order valence-electron chi connectivity index (χ4n) is 2.68. The Morgan fingerprint density at radius 1 is 1.22 bits per heavy atom. The molecule has 5 nitrogen and oxygen atoms in total. The van der Waals surface area contributed by atoms with Crippen molar-refractivity contribution in [1.29, 1.82) is 0 Å². The van der Waals surface area contributed by atoms with E-state index in [4.69, 9.17) is 4.74 Å². The molecular weight excluding hydrogens is 290 g/mol. The Kier molecular flexibility index (Phi) is 5.52. The van der Waals surface area contributed by atoms with Gasteiger partial charge in [-0.1, -0.05) is 0 Å². The third kappa shape index (κ3) is 5.75. The predicted molar refractivity (Wildman–Crippen MR) is 95.0 cm³/mol. The molecule has 1 unspecified atom stereocenters. The van der Waals surface area contributed by atoms with Crippen LogP contribution in [0.4, 0.5) is 16.2 Å². The molecule has 1 aliphatic rings. The van der Waals surface area contributed by atoms with Gasteiger partial charge in [-0.3, -0.25) is 10.2 Å². The minimum atomic E-state index is -0.490. The van der Waals surface area contributed by atoms with Gasteiger partial charge >= 0.3 is 6.09 Å². The maximum Gasteiger partial charge on any atom is 0.412 e. The highest BCUT2D eigenvalue weighted by atomic mass is 16.6. The standard InChI is InChI=1S/C18H29N3O2/c1-13(2)21-11-10-16(12-21)19-14-6-8-15(9-7-14)20-17(22)23-18(3,4)5/h6-9,13,16,19H,10-12H2,1-5H3,(H,20,22). The molecular formula is C18H29N3O2. The van der Waals surface area contributed by atoms with Crippen LogP contribution in [0.1, 0.15) is 41.0 Å². The number of ether oxygens (including phenoxy) is 1. The number of nitrogens with zero attached hydrogens (tertiary/aromatic N) is 1. The molecule has 5 heteroatoms. The van der Waals surface area contributed by atoms with E-state index in [9.17, 15) is 4.79 Å². The molecule has 23 heavy (non-hydrogen) atoms. The maximum absolute atomic E-state index is 11.7. The zero-order valence-corrected chi connectivity index (χ0v) is 14.8. The Bertz CT molecular complexity index is 520. The summed E-state index contributed by atoms with van der Waals surface area (Å²) in [5.74, 6) is 0. The van der Waals surface area contributed by atoms with Crippen LogP contribution in [-0.2, 0) is 4.74 Å². The minimum Gasteiger partial charge on any atom is -0.444 e. The van der Waals surface area contributed by atoms with Crippen molar-refractivity contribution in [3.05, 3.63) is 24.3 Å². The fourth-order valence-corrected chi connectivity index (χ4v) is 2.68. The van der Waals surface area contributed by atoms with Crippen molar-refractivity contribution in [3.63, 3.8) is 0 Å². The number of anilines is 2. The molecule has 1 fully saturated rings. The highest BCUT2D eigenvalue weighted by Gasteiger charge is 2.23. The molecule has 0 radical (unpaired) electrons. The molecule has 2 rings (SSSR count). The molecule has 0 aromatic heterocycles. The molecule has 0 aliphatic carbocycles. The first kappa shape index (κ1) is 17.6. The predicted octanol–water partition coefficient (Wildman–Crippen LogP) is 3.93. The van der Waals surface area contributed by atoms with Crippen molar-refractivity contribution in [2.45, 2.75) is 58.7 Å². The fraction of sp³-hybridized carbons (Fsp3) is 0.611. The SMILES string of the molecule is CC(C)N1CCC(Nc2ccc(NC(=O)OC(C)(C)C)cc2)C1. The van der Waals surface area contributed by atoms with Crippen LogP contribution in [0.5, 0.6) is 0 Å². The van der Waals surface area contributed by atoms with Crippen molar-refractivity contribution >= 4 is 17.5 Å². The average Bonchev–Trinajstić information content (AvgIpc) is 2.87. The van der Waals surface area contributed by atoms with Gasteiger partial charge in [0.2, 0.25) is 0 Å². The third-order valence-corrected chi connectivity index (χ3v) is 3.85. The number of hydrogen-bond acceptors (Lipinski definition) is 4. The van der Waals surface area contributed by atoms with E-state index in [1.54, 1.807) is 0 Å². The molecule has 128 valence electrons. The van der Waals surface area contributed by atoms with E-state index in [2.05, 4.69) is 29.4 Å². The lowest BCUT2D eigenvalue weighted by atomic mass is 10.2. The van der Waals surface area contributed by atoms with Crippen LogP contribution in [0.3, 0.4) is 0 Å². The van der Waals surface area contributed by atoms with E-state index in [0.717, 1.165) is 30.9 Å². The number of hydrogen-bond donors (Lipinski definition) is 2. The third-order valence-electron chi connectivity index (χ3n) is 3.85. The summed E-state index contributed by atoms with van der Waals surface area (Å²) in [7, 11) is 0. The van der Waals surface area contributed by atoms with Gasteiger partial charge in [-0.25, -0.2) is 4.79 Å². The van der Waals surface area contributed by atoms with Crippen LogP contribution in [0.25, 0.3) is 0 Å². The van der Waals surface area contributed by atoms with Crippen molar-refractivity contribution < 1.29 is 9.53 Å². The second kappa shape index (κ2) is 7.21. The zero-order valence-electron chi connectivity index (χ0n) is 14.8. The van der Waals surface area contributed by atoms with Gasteiger partial charge in [-0.05, 0) is 65.3 Å². The number of nitrogens with one attached hydrogen (secondary N) is 2. The first-order chi connectivity index (χ1) is 10.7. The molecule has 0 spiro atoms. The smallest absolute Gasteiger partial charge is 0.412 e. The molecule has 1 aliphatic heterocycles. The average molecular weight is 319 g/mol. The second-order valence-electron chi connectivity index (χ2n) is 7.42. The molecule has 2 N–H and O–H groups in total. The Morgan fingerprint density at radius 2 is 1.83 bits per heavy atom. The van der Waals surface area contributed by atoms with E-state index in [1.165, 1.54) is 0 Å². The number of benzene rings is 1. The van der Waals surface area contributed by atoms with Crippen molar-refractivity contribution in [1.82, 2.24) is 4.90 Å². The molecule has 1 aromatic carbocycles. The number of carbonyl (C=O) groups excluding carboxylic acids is 1. The summed E-state index contributed by atoms with van der Waals surface area (Å²) >= 11 is 0. The summed E-state index contributed by atoms with van der Waals surface area (Å²) < 4.78 is 5.24. The van der Waals surface area contributed by atoms with Gasteiger partial charge < -0.3 is 10.1 Å². The summed E-state index contributed by atoms with van der Waals surface area (Å²) in [5, 5.41) is 6.30. The summed E-state index contributed by atoms with van der Waals surface area (Å²) in [5.41, 5.74) is 1.33. The van der Waals surface area contributed by atoms with Crippen LogP contribution in [-0.4, -0.2) is 41.8 Å². The maximum atomic E-state index is 11.7. The summed E-state index contributed by atoms with van der Waals surface area (Å²) in [4.78, 5) is 14.2. The normalized spacial score (nSPS) is 19.0.